The van der Waals surface area contributed by atoms with Crippen LogP contribution in [0.3, 0.4) is 0 Å². The highest BCUT2D eigenvalue weighted by Gasteiger charge is 2.35. The van der Waals surface area contributed by atoms with Gasteiger partial charge in [-0.3, -0.25) is 4.57 Å². The van der Waals surface area contributed by atoms with Crippen molar-refractivity contribution in [1.29, 1.82) is 0 Å². The summed E-state index contributed by atoms with van der Waals surface area (Å²) in [6.07, 6.45) is -2.78. The SMILES string of the molecule is CCc1ccc(CCOc2ccc(CCC(N)(CO)CO[PH2]=O)cc2C(F)(F)F)cc1. The monoisotopic (exact) mass is 459 g/mol. The Bertz CT molecular complexity index is 846. The van der Waals surface area contributed by atoms with Gasteiger partial charge in [0.1, 0.15) is 5.75 Å². The van der Waals surface area contributed by atoms with Crippen molar-refractivity contribution in [3.8, 4) is 5.75 Å². The molecule has 3 N–H and O–H groups in total. The van der Waals surface area contributed by atoms with E-state index in [9.17, 15) is 22.8 Å². The van der Waals surface area contributed by atoms with Crippen molar-refractivity contribution >= 4 is 8.69 Å². The Morgan fingerprint density at radius 2 is 1.68 bits per heavy atom. The Morgan fingerprint density at radius 1 is 1.03 bits per heavy atom. The van der Waals surface area contributed by atoms with Crippen LogP contribution in [0.2, 0.25) is 0 Å². The van der Waals surface area contributed by atoms with Gasteiger partial charge < -0.3 is 20.1 Å². The number of halogens is 3. The van der Waals surface area contributed by atoms with Crippen LogP contribution < -0.4 is 10.5 Å². The van der Waals surface area contributed by atoms with Crippen molar-refractivity contribution in [3.63, 3.8) is 0 Å². The summed E-state index contributed by atoms with van der Waals surface area (Å²) < 4.78 is 61.5. The van der Waals surface area contributed by atoms with Crippen molar-refractivity contribution in [1.82, 2.24) is 0 Å². The Hall–Kier alpha value is -1.86. The zero-order valence-electron chi connectivity index (χ0n) is 17.5. The third kappa shape index (κ3) is 7.96. The van der Waals surface area contributed by atoms with Crippen molar-refractivity contribution in [2.75, 3.05) is 19.8 Å². The molecular weight excluding hydrogens is 430 g/mol. The predicted octanol–water partition coefficient (Wildman–Crippen LogP) is 4.20. The molecule has 2 aromatic rings. The lowest BCUT2D eigenvalue weighted by Crippen LogP contribution is -2.47. The molecular formula is C22H29F3NO4P. The van der Waals surface area contributed by atoms with E-state index in [0.29, 0.717) is 12.0 Å². The molecule has 0 aromatic heterocycles. The molecule has 0 fully saturated rings. The molecule has 0 saturated heterocycles. The summed E-state index contributed by atoms with van der Waals surface area (Å²) in [5.74, 6) is -0.221. The van der Waals surface area contributed by atoms with Gasteiger partial charge in [0.15, 0.2) is 8.69 Å². The zero-order chi connectivity index (χ0) is 22.9. The molecule has 0 spiro atoms. The van der Waals surface area contributed by atoms with E-state index < -0.39 is 32.6 Å². The number of benzene rings is 2. The summed E-state index contributed by atoms with van der Waals surface area (Å²) in [6.45, 7) is 1.62. The normalized spacial score (nSPS) is 14.1. The highest BCUT2D eigenvalue weighted by Crippen LogP contribution is 2.37. The molecule has 0 amide bonds. The molecule has 0 saturated carbocycles. The summed E-state index contributed by atoms with van der Waals surface area (Å²) in [5, 5.41) is 9.44. The number of nitrogens with two attached hydrogens (primary N) is 1. The summed E-state index contributed by atoms with van der Waals surface area (Å²) >= 11 is 0. The number of rotatable bonds is 12. The Balaban J connectivity index is 2.05. The molecule has 0 aliphatic carbocycles. The van der Waals surface area contributed by atoms with Gasteiger partial charge in [0.25, 0.3) is 0 Å². The van der Waals surface area contributed by atoms with E-state index in [4.69, 9.17) is 15.0 Å². The lowest BCUT2D eigenvalue weighted by Gasteiger charge is -2.26. The minimum atomic E-state index is -4.57. The highest BCUT2D eigenvalue weighted by molar-refractivity contribution is 7.17. The molecule has 0 radical (unpaired) electrons. The number of aliphatic hydroxyl groups excluding tert-OH is 1. The van der Waals surface area contributed by atoms with E-state index in [1.54, 1.807) is 6.07 Å². The van der Waals surface area contributed by atoms with Gasteiger partial charge in [0.05, 0.1) is 30.9 Å². The summed E-state index contributed by atoms with van der Waals surface area (Å²) in [6, 6.07) is 11.8. The lowest BCUT2D eigenvalue weighted by molar-refractivity contribution is -0.139. The minimum Gasteiger partial charge on any atom is -0.493 e. The average molecular weight is 459 g/mol. The molecule has 0 bridgehead atoms. The fourth-order valence-corrected chi connectivity index (χ4v) is 3.49. The first-order valence-corrected chi connectivity index (χ1v) is 11.0. The number of ether oxygens (including phenoxy) is 1. The van der Waals surface area contributed by atoms with E-state index in [1.165, 1.54) is 11.6 Å². The molecule has 2 rings (SSSR count). The molecule has 2 atom stereocenters. The van der Waals surface area contributed by atoms with Crippen LogP contribution in [0, 0.1) is 0 Å². The Labute approximate surface area is 181 Å². The van der Waals surface area contributed by atoms with Gasteiger partial charge in [-0.15, -0.1) is 0 Å². The van der Waals surface area contributed by atoms with Gasteiger partial charge in [-0.05, 0) is 48.1 Å². The van der Waals surface area contributed by atoms with Gasteiger partial charge >= 0.3 is 6.18 Å². The van der Waals surface area contributed by atoms with E-state index in [2.05, 4.69) is 6.92 Å². The van der Waals surface area contributed by atoms with Gasteiger partial charge in [-0.25, -0.2) is 0 Å². The number of aliphatic hydroxyl groups is 1. The van der Waals surface area contributed by atoms with Gasteiger partial charge in [0.2, 0.25) is 0 Å². The van der Waals surface area contributed by atoms with E-state index >= 15 is 0 Å². The second-order valence-corrected chi connectivity index (χ2v) is 8.05. The maximum Gasteiger partial charge on any atom is 0.419 e. The molecule has 5 nitrogen and oxygen atoms in total. The molecule has 31 heavy (non-hydrogen) atoms. The Morgan fingerprint density at radius 3 is 2.26 bits per heavy atom. The van der Waals surface area contributed by atoms with Crippen LogP contribution >= 0.6 is 8.69 Å². The standard InChI is InChI=1S/C22H29F3NO4P/c1-2-16-3-5-17(6-4-16)10-12-29-20-8-7-18(13-19(20)22(23,24)25)9-11-21(26,14-27)15-30-31-28/h3-8,13,27H,2,9-12,14-15,26,31H2,1H3. The van der Waals surface area contributed by atoms with Gasteiger partial charge in [-0.1, -0.05) is 37.3 Å². The largest absolute Gasteiger partial charge is 0.493 e. The Kier molecular flexibility index (Phi) is 9.56. The van der Waals surface area contributed by atoms with Crippen LogP contribution in [0.15, 0.2) is 42.5 Å². The zero-order valence-corrected chi connectivity index (χ0v) is 18.6. The van der Waals surface area contributed by atoms with Crippen molar-refractivity contribution in [2.45, 2.75) is 44.3 Å². The maximum absolute atomic E-state index is 13.6. The molecule has 0 aliphatic rings. The molecule has 9 heteroatoms. The highest BCUT2D eigenvalue weighted by atomic mass is 31.1. The van der Waals surface area contributed by atoms with Crippen LogP contribution in [0.25, 0.3) is 0 Å². The van der Waals surface area contributed by atoms with Crippen LogP contribution in [0.4, 0.5) is 13.2 Å². The summed E-state index contributed by atoms with van der Waals surface area (Å²) in [7, 11) is -1.47. The number of hydrogen-bond acceptors (Lipinski definition) is 5. The predicted molar refractivity (Wildman–Crippen MR) is 115 cm³/mol. The van der Waals surface area contributed by atoms with Crippen molar-refractivity contribution < 1.29 is 32.1 Å². The third-order valence-corrected chi connectivity index (χ3v) is 5.40. The van der Waals surface area contributed by atoms with Crippen LogP contribution in [-0.2, 0) is 34.5 Å². The lowest BCUT2D eigenvalue weighted by atomic mass is 9.93. The van der Waals surface area contributed by atoms with Gasteiger partial charge in [-0.2, -0.15) is 13.2 Å². The number of alkyl halides is 3. The average Bonchev–Trinajstić information content (AvgIpc) is 2.76. The van der Waals surface area contributed by atoms with Gasteiger partial charge in [0, 0.05) is 6.42 Å². The smallest absolute Gasteiger partial charge is 0.419 e. The fraction of sp³-hybridized carbons (Fsp3) is 0.455. The van der Waals surface area contributed by atoms with Crippen LogP contribution in [0.1, 0.15) is 35.6 Å². The number of aryl methyl sites for hydroxylation is 2. The fourth-order valence-electron chi connectivity index (χ4n) is 3.09. The number of hydrogen-bond donors (Lipinski definition) is 2. The second-order valence-electron chi connectivity index (χ2n) is 7.52. The molecule has 0 aliphatic heterocycles. The molecule has 2 unspecified atom stereocenters. The van der Waals surface area contributed by atoms with E-state index in [0.717, 1.165) is 18.1 Å². The second kappa shape index (κ2) is 11.7. The minimum absolute atomic E-state index is 0.124. The van der Waals surface area contributed by atoms with Crippen molar-refractivity contribution in [2.24, 2.45) is 5.73 Å². The van der Waals surface area contributed by atoms with E-state index in [-0.39, 0.29) is 31.8 Å². The van der Waals surface area contributed by atoms with E-state index in [1.807, 2.05) is 24.3 Å². The maximum atomic E-state index is 13.6. The summed E-state index contributed by atoms with van der Waals surface area (Å²) in [5.41, 5.74) is 6.56. The first kappa shape index (κ1) is 25.4. The molecule has 2 aromatic carbocycles. The molecule has 0 heterocycles. The topological polar surface area (TPSA) is 81.8 Å². The molecule has 172 valence electrons. The summed E-state index contributed by atoms with van der Waals surface area (Å²) in [4.78, 5) is 0. The van der Waals surface area contributed by atoms with Crippen LogP contribution in [-0.4, -0.2) is 30.5 Å². The third-order valence-electron chi connectivity index (χ3n) is 5.09. The van der Waals surface area contributed by atoms with Crippen molar-refractivity contribution in [3.05, 3.63) is 64.7 Å². The first-order chi connectivity index (χ1) is 14.7. The quantitative estimate of drug-likeness (QED) is 0.465. The van der Waals surface area contributed by atoms with Crippen LogP contribution in [0.5, 0.6) is 5.75 Å². The first-order valence-electron chi connectivity index (χ1n) is 10.1.